The molecule has 14 heavy (non-hydrogen) atoms. The van der Waals surface area contributed by atoms with E-state index < -0.39 is 0 Å². The highest BCUT2D eigenvalue weighted by Gasteiger charge is 2.09. The van der Waals surface area contributed by atoms with Crippen LogP contribution in [0.1, 0.15) is 0 Å². The molecule has 0 aliphatic heterocycles. The maximum absolute atomic E-state index is 11.6. The first-order valence-corrected chi connectivity index (χ1v) is 4.13. The quantitative estimate of drug-likeness (QED) is 0.644. The molecule has 0 unspecified atom stereocenters. The van der Waals surface area contributed by atoms with Crippen molar-refractivity contribution in [3.63, 3.8) is 0 Å². The van der Waals surface area contributed by atoms with Gasteiger partial charge in [-0.1, -0.05) is 0 Å². The third-order valence-corrected chi connectivity index (χ3v) is 2.13. The first-order chi connectivity index (χ1) is 6.75. The topological polar surface area (TPSA) is 63.6 Å². The minimum Gasteiger partial charge on any atom is -0.293 e. The van der Waals surface area contributed by atoms with Crippen LogP contribution in [0.3, 0.4) is 0 Å². The van der Waals surface area contributed by atoms with Crippen molar-refractivity contribution in [2.24, 2.45) is 7.05 Å². The monoisotopic (exact) mass is 188 g/mol. The Balaban J connectivity index is 2.89. The Morgan fingerprint density at radius 3 is 3.14 bits per heavy atom. The van der Waals surface area contributed by atoms with Crippen LogP contribution in [0.25, 0.3) is 11.2 Å². The summed E-state index contributed by atoms with van der Waals surface area (Å²) in [6, 6.07) is 5.51. The zero-order chi connectivity index (χ0) is 10.1. The number of nitriles is 1. The molecule has 0 aliphatic carbocycles. The van der Waals surface area contributed by atoms with Crippen LogP contribution in [0.15, 0.2) is 23.1 Å². The Bertz CT molecular complexity index is 572. The second-order valence-electron chi connectivity index (χ2n) is 2.93. The molecule has 2 heterocycles. The van der Waals surface area contributed by atoms with Gasteiger partial charge < -0.3 is 0 Å². The van der Waals surface area contributed by atoms with Crippen LogP contribution in [0.4, 0.5) is 0 Å². The molecular formula is C9H8N4O. The number of hydrogen-bond acceptors (Lipinski definition) is 3. The van der Waals surface area contributed by atoms with E-state index in [2.05, 4.69) is 4.98 Å². The highest BCUT2D eigenvalue weighted by molar-refractivity contribution is 5.71. The van der Waals surface area contributed by atoms with Crippen molar-refractivity contribution >= 4 is 11.2 Å². The SMILES string of the molecule is Cn1c(=O)n(CC#N)c2ncccc21. The molecule has 0 amide bonds. The molecule has 70 valence electrons. The highest BCUT2D eigenvalue weighted by Crippen LogP contribution is 2.07. The number of aryl methyl sites for hydroxylation is 1. The standard InChI is InChI=1S/C9H8N4O/c1-12-7-3-2-5-11-8(7)13(6-4-10)9(12)14/h2-3,5H,6H2,1H3. The van der Waals surface area contributed by atoms with Gasteiger partial charge in [-0.25, -0.2) is 9.78 Å². The van der Waals surface area contributed by atoms with E-state index in [1.54, 1.807) is 25.4 Å². The van der Waals surface area contributed by atoms with Crippen LogP contribution in [-0.2, 0) is 13.6 Å². The number of hydrogen-bond donors (Lipinski definition) is 0. The van der Waals surface area contributed by atoms with Crippen molar-refractivity contribution in [2.45, 2.75) is 6.54 Å². The smallest absolute Gasteiger partial charge is 0.293 e. The maximum Gasteiger partial charge on any atom is 0.330 e. The van der Waals surface area contributed by atoms with E-state index >= 15 is 0 Å². The average Bonchev–Trinajstić information content (AvgIpc) is 2.45. The molecule has 5 heteroatoms. The molecule has 0 N–H and O–H groups in total. The molecule has 0 bridgehead atoms. The van der Waals surface area contributed by atoms with Crippen LogP contribution in [0.5, 0.6) is 0 Å². The van der Waals surface area contributed by atoms with Gasteiger partial charge >= 0.3 is 5.69 Å². The predicted octanol–water partition coefficient (Wildman–Crippen LogP) is 0.259. The van der Waals surface area contributed by atoms with E-state index in [1.165, 1.54) is 9.13 Å². The molecule has 0 spiro atoms. The van der Waals surface area contributed by atoms with Gasteiger partial charge in [-0.3, -0.25) is 9.13 Å². The van der Waals surface area contributed by atoms with Crippen molar-refractivity contribution in [2.75, 3.05) is 0 Å². The van der Waals surface area contributed by atoms with Crippen molar-refractivity contribution in [1.29, 1.82) is 5.26 Å². The van der Waals surface area contributed by atoms with Crippen LogP contribution in [0, 0.1) is 11.3 Å². The van der Waals surface area contributed by atoms with Gasteiger partial charge in [-0.15, -0.1) is 0 Å². The van der Waals surface area contributed by atoms with Crippen molar-refractivity contribution in [1.82, 2.24) is 14.1 Å². The van der Waals surface area contributed by atoms with Crippen molar-refractivity contribution in [3.05, 3.63) is 28.8 Å². The Morgan fingerprint density at radius 1 is 1.64 bits per heavy atom. The zero-order valence-electron chi connectivity index (χ0n) is 7.64. The van der Waals surface area contributed by atoms with Gasteiger partial charge in [0.15, 0.2) is 5.65 Å². The van der Waals surface area contributed by atoms with Gasteiger partial charge in [0.2, 0.25) is 0 Å². The van der Waals surface area contributed by atoms with Crippen LogP contribution in [0.2, 0.25) is 0 Å². The number of imidazole rings is 1. The summed E-state index contributed by atoms with van der Waals surface area (Å²) in [4.78, 5) is 15.7. The number of fused-ring (bicyclic) bond motifs is 1. The average molecular weight is 188 g/mol. The number of pyridine rings is 1. The number of rotatable bonds is 1. The minimum absolute atomic E-state index is 0.0349. The van der Waals surface area contributed by atoms with E-state index in [1.807, 2.05) is 6.07 Å². The molecule has 5 nitrogen and oxygen atoms in total. The van der Waals surface area contributed by atoms with E-state index in [0.717, 1.165) is 5.52 Å². The Hall–Kier alpha value is -2.09. The third kappa shape index (κ3) is 1.01. The van der Waals surface area contributed by atoms with E-state index in [4.69, 9.17) is 5.26 Å². The van der Waals surface area contributed by atoms with Gasteiger partial charge in [-0.2, -0.15) is 5.26 Å². The molecule has 0 atom stereocenters. The summed E-state index contributed by atoms with van der Waals surface area (Å²) in [6.07, 6.45) is 1.61. The summed E-state index contributed by atoms with van der Waals surface area (Å²) in [5.74, 6) is 0. The lowest BCUT2D eigenvalue weighted by atomic mass is 10.4. The molecule has 2 aromatic rings. The van der Waals surface area contributed by atoms with Crippen LogP contribution in [-0.4, -0.2) is 14.1 Å². The molecule has 0 saturated carbocycles. The maximum atomic E-state index is 11.6. The van der Waals surface area contributed by atoms with Gasteiger partial charge in [0.1, 0.15) is 6.54 Å². The molecule has 2 rings (SSSR count). The summed E-state index contributed by atoms with van der Waals surface area (Å²) in [7, 11) is 1.67. The minimum atomic E-state index is -0.208. The summed E-state index contributed by atoms with van der Waals surface area (Å²) in [6.45, 7) is 0.0349. The first kappa shape index (κ1) is 8.51. The van der Waals surface area contributed by atoms with Crippen molar-refractivity contribution < 1.29 is 0 Å². The van der Waals surface area contributed by atoms with Crippen molar-refractivity contribution in [3.8, 4) is 6.07 Å². The Morgan fingerprint density at radius 2 is 2.43 bits per heavy atom. The normalized spacial score (nSPS) is 10.3. The second kappa shape index (κ2) is 3.00. The zero-order valence-corrected chi connectivity index (χ0v) is 7.64. The summed E-state index contributed by atoms with van der Waals surface area (Å²) in [5.41, 5.74) is 1.09. The molecule has 2 aromatic heterocycles. The largest absolute Gasteiger partial charge is 0.330 e. The summed E-state index contributed by atoms with van der Waals surface area (Å²) >= 11 is 0. The lowest BCUT2D eigenvalue weighted by molar-refractivity contribution is 0.750. The fourth-order valence-electron chi connectivity index (χ4n) is 1.45. The fourth-order valence-corrected chi connectivity index (χ4v) is 1.45. The van der Waals surface area contributed by atoms with E-state index in [9.17, 15) is 4.79 Å². The molecule has 0 radical (unpaired) electrons. The lowest BCUT2D eigenvalue weighted by Crippen LogP contribution is -2.21. The number of aromatic nitrogens is 3. The first-order valence-electron chi connectivity index (χ1n) is 4.13. The molecular weight excluding hydrogens is 180 g/mol. The molecule has 0 aromatic carbocycles. The number of nitrogens with zero attached hydrogens (tertiary/aromatic N) is 4. The van der Waals surface area contributed by atoms with Gasteiger partial charge in [0.25, 0.3) is 0 Å². The summed E-state index contributed by atoms with van der Waals surface area (Å²) < 4.78 is 2.84. The Labute approximate surface area is 79.8 Å². The predicted molar refractivity (Wildman–Crippen MR) is 50.6 cm³/mol. The highest BCUT2D eigenvalue weighted by atomic mass is 16.1. The summed E-state index contributed by atoms with van der Waals surface area (Å²) in [5, 5.41) is 8.57. The molecule has 0 saturated heterocycles. The third-order valence-electron chi connectivity index (χ3n) is 2.13. The molecule has 0 aliphatic rings. The van der Waals surface area contributed by atoms with Gasteiger partial charge in [0.05, 0.1) is 11.6 Å². The van der Waals surface area contributed by atoms with Gasteiger partial charge in [-0.05, 0) is 12.1 Å². The van der Waals surface area contributed by atoms with E-state index in [0.29, 0.717) is 5.65 Å². The lowest BCUT2D eigenvalue weighted by Gasteiger charge is -1.92. The molecule has 0 fully saturated rings. The van der Waals surface area contributed by atoms with Crippen LogP contribution >= 0.6 is 0 Å². The second-order valence-corrected chi connectivity index (χ2v) is 2.93. The van der Waals surface area contributed by atoms with Gasteiger partial charge in [0, 0.05) is 13.2 Å². The van der Waals surface area contributed by atoms with Crippen LogP contribution < -0.4 is 5.69 Å². The van der Waals surface area contributed by atoms with E-state index in [-0.39, 0.29) is 12.2 Å². The Kier molecular flexibility index (Phi) is 1.82. The fraction of sp³-hybridized carbons (Fsp3) is 0.222.